The van der Waals surface area contributed by atoms with Gasteiger partial charge in [0.25, 0.3) is 0 Å². The number of esters is 1. The molecule has 0 saturated carbocycles. The van der Waals surface area contributed by atoms with Crippen LogP contribution in [0.15, 0.2) is 18.5 Å². The van der Waals surface area contributed by atoms with Gasteiger partial charge in [-0.05, 0) is 18.6 Å². The molecule has 0 atom stereocenters. The van der Waals surface area contributed by atoms with Gasteiger partial charge in [-0.1, -0.05) is 13.8 Å². The highest BCUT2D eigenvalue weighted by atomic mass is 16.5. The smallest absolute Gasteiger partial charge is 0.339 e. The number of aryl methyl sites for hydroxylation is 1. The van der Waals surface area contributed by atoms with Crippen molar-refractivity contribution in [3.63, 3.8) is 0 Å². The summed E-state index contributed by atoms with van der Waals surface area (Å²) in [4.78, 5) is 18.3. The zero-order chi connectivity index (χ0) is 12.1. The first-order chi connectivity index (χ1) is 7.72. The number of carbonyl (C=O) groups is 1. The van der Waals surface area contributed by atoms with E-state index < -0.39 is 0 Å². The molecule has 0 bridgehead atoms. The van der Waals surface area contributed by atoms with Crippen molar-refractivity contribution in [1.82, 2.24) is 9.97 Å². The van der Waals surface area contributed by atoms with Crippen molar-refractivity contribution < 1.29 is 9.53 Å². The standard InChI is InChI=1S/C10H10N2O2.C2H6/c1-6-4-11-9-8(6)3-7(5-12-9)10(13)14-2;1-2/h3-5H,1-2H3,(H,11,12);1-2H3. The van der Waals surface area contributed by atoms with Gasteiger partial charge in [-0.2, -0.15) is 0 Å². The van der Waals surface area contributed by atoms with Crippen molar-refractivity contribution in [2.24, 2.45) is 0 Å². The van der Waals surface area contributed by atoms with Crippen molar-refractivity contribution in [2.45, 2.75) is 20.8 Å². The summed E-state index contributed by atoms with van der Waals surface area (Å²) in [6.07, 6.45) is 3.36. The Morgan fingerprint density at radius 1 is 1.44 bits per heavy atom. The van der Waals surface area contributed by atoms with Gasteiger partial charge in [0.05, 0.1) is 12.7 Å². The van der Waals surface area contributed by atoms with Gasteiger partial charge in [-0.25, -0.2) is 9.78 Å². The molecule has 16 heavy (non-hydrogen) atoms. The van der Waals surface area contributed by atoms with Gasteiger partial charge in [0, 0.05) is 17.8 Å². The highest BCUT2D eigenvalue weighted by molar-refractivity contribution is 5.93. The minimum atomic E-state index is -0.361. The Bertz CT molecular complexity index is 489. The van der Waals surface area contributed by atoms with Crippen LogP contribution in [0.2, 0.25) is 0 Å². The predicted molar refractivity (Wildman–Crippen MR) is 63.5 cm³/mol. The maximum absolute atomic E-state index is 11.2. The number of ether oxygens (including phenoxy) is 1. The molecule has 0 radical (unpaired) electrons. The summed E-state index contributed by atoms with van der Waals surface area (Å²) in [6, 6.07) is 1.78. The second kappa shape index (κ2) is 5.30. The van der Waals surface area contributed by atoms with Crippen LogP contribution in [-0.4, -0.2) is 23.0 Å². The number of aromatic nitrogens is 2. The van der Waals surface area contributed by atoms with Crippen molar-refractivity contribution >= 4 is 17.0 Å². The van der Waals surface area contributed by atoms with E-state index in [4.69, 9.17) is 0 Å². The maximum Gasteiger partial charge on any atom is 0.339 e. The van der Waals surface area contributed by atoms with E-state index in [0.717, 1.165) is 16.6 Å². The average Bonchev–Trinajstić information content (AvgIpc) is 2.72. The van der Waals surface area contributed by atoms with Gasteiger partial charge in [-0.3, -0.25) is 0 Å². The molecule has 0 amide bonds. The Labute approximate surface area is 94.6 Å². The fraction of sp³-hybridized carbons (Fsp3) is 0.333. The molecule has 0 aliphatic rings. The molecule has 0 fully saturated rings. The van der Waals surface area contributed by atoms with Crippen molar-refractivity contribution in [3.8, 4) is 0 Å². The molecular formula is C12H16N2O2. The number of H-pyrrole nitrogens is 1. The van der Waals surface area contributed by atoms with Crippen LogP contribution in [0.25, 0.3) is 11.0 Å². The number of nitrogens with one attached hydrogen (secondary N) is 1. The van der Waals surface area contributed by atoms with Crippen LogP contribution in [0.4, 0.5) is 0 Å². The molecule has 0 aliphatic carbocycles. The number of nitrogens with zero attached hydrogens (tertiary/aromatic N) is 1. The lowest BCUT2D eigenvalue weighted by Crippen LogP contribution is -2.01. The third kappa shape index (κ3) is 2.21. The van der Waals surface area contributed by atoms with Crippen LogP contribution in [0.5, 0.6) is 0 Å². The Morgan fingerprint density at radius 2 is 2.12 bits per heavy atom. The van der Waals surface area contributed by atoms with E-state index in [2.05, 4.69) is 14.7 Å². The zero-order valence-corrected chi connectivity index (χ0v) is 10.00. The molecule has 2 aromatic heterocycles. The lowest BCUT2D eigenvalue weighted by atomic mass is 10.2. The molecule has 4 heteroatoms. The second-order valence-corrected chi connectivity index (χ2v) is 3.08. The number of hydrogen-bond acceptors (Lipinski definition) is 3. The largest absolute Gasteiger partial charge is 0.465 e. The van der Waals surface area contributed by atoms with Gasteiger partial charge in [-0.15, -0.1) is 0 Å². The van der Waals surface area contributed by atoms with Crippen LogP contribution in [0.1, 0.15) is 29.8 Å². The van der Waals surface area contributed by atoms with E-state index in [1.165, 1.54) is 13.3 Å². The molecule has 0 spiro atoms. The highest BCUT2D eigenvalue weighted by Crippen LogP contribution is 2.16. The van der Waals surface area contributed by atoms with Gasteiger partial charge < -0.3 is 9.72 Å². The normalized spacial score (nSPS) is 9.50. The summed E-state index contributed by atoms with van der Waals surface area (Å²) in [5.41, 5.74) is 2.33. The zero-order valence-electron chi connectivity index (χ0n) is 10.00. The fourth-order valence-electron chi connectivity index (χ4n) is 1.36. The van der Waals surface area contributed by atoms with Crippen molar-refractivity contribution in [1.29, 1.82) is 0 Å². The minimum absolute atomic E-state index is 0.361. The predicted octanol–water partition coefficient (Wildman–Crippen LogP) is 2.68. The third-order valence-corrected chi connectivity index (χ3v) is 2.16. The molecule has 86 valence electrons. The summed E-state index contributed by atoms with van der Waals surface area (Å²) in [5, 5.41) is 0.952. The number of carbonyl (C=O) groups excluding carboxylic acids is 1. The number of aromatic amines is 1. The lowest BCUT2D eigenvalue weighted by molar-refractivity contribution is 0.0600. The maximum atomic E-state index is 11.2. The minimum Gasteiger partial charge on any atom is -0.465 e. The first kappa shape index (κ1) is 12.2. The molecule has 4 nitrogen and oxygen atoms in total. The van der Waals surface area contributed by atoms with Gasteiger partial charge in [0.15, 0.2) is 0 Å². The van der Waals surface area contributed by atoms with E-state index in [1.54, 1.807) is 6.07 Å². The number of hydrogen-bond donors (Lipinski definition) is 1. The van der Waals surface area contributed by atoms with E-state index >= 15 is 0 Å². The molecule has 0 aliphatic heterocycles. The van der Waals surface area contributed by atoms with Gasteiger partial charge >= 0.3 is 5.97 Å². The molecule has 2 heterocycles. The molecule has 0 aromatic carbocycles. The summed E-state index contributed by atoms with van der Waals surface area (Å²) >= 11 is 0. The molecule has 0 saturated heterocycles. The fourth-order valence-corrected chi connectivity index (χ4v) is 1.36. The molecular weight excluding hydrogens is 204 g/mol. The second-order valence-electron chi connectivity index (χ2n) is 3.08. The van der Waals surface area contributed by atoms with Crippen molar-refractivity contribution in [3.05, 3.63) is 29.6 Å². The van der Waals surface area contributed by atoms with Crippen LogP contribution in [0.3, 0.4) is 0 Å². The molecule has 2 rings (SSSR count). The van der Waals surface area contributed by atoms with Crippen LogP contribution >= 0.6 is 0 Å². The molecule has 1 N–H and O–H groups in total. The Balaban J connectivity index is 0.000000606. The lowest BCUT2D eigenvalue weighted by Gasteiger charge is -1.98. The van der Waals surface area contributed by atoms with Gasteiger partial charge in [0.1, 0.15) is 5.65 Å². The highest BCUT2D eigenvalue weighted by Gasteiger charge is 2.08. The SMILES string of the molecule is CC.COC(=O)c1cnc2[nH]cc(C)c2c1. The van der Waals surface area contributed by atoms with Crippen molar-refractivity contribution in [2.75, 3.05) is 7.11 Å². The van der Waals surface area contributed by atoms with E-state index in [-0.39, 0.29) is 5.97 Å². The third-order valence-electron chi connectivity index (χ3n) is 2.16. The average molecular weight is 220 g/mol. The van der Waals surface area contributed by atoms with Gasteiger partial charge in [0.2, 0.25) is 0 Å². The van der Waals surface area contributed by atoms with E-state index in [1.807, 2.05) is 27.0 Å². The Kier molecular flexibility index (Phi) is 4.05. The van der Waals surface area contributed by atoms with Crippen LogP contribution < -0.4 is 0 Å². The number of pyridine rings is 1. The molecule has 0 unspecified atom stereocenters. The first-order valence-corrected chi connectivity index (χ1v) is 5.24. The number of rotatable bonds is 1. The van der Waals surface area contributed by atoms with Crippen LogP contribution in [0, 0.1) is 6.92 Å². The molecule has 2 aromatic rings. The van der Waals surface area contributed by atoms with E-state index in [9.17, 15) is 4.79 Å². The summed E-state index contributed by atoms with van der Waals surface area (Å²) < 4.78 is 4.61. The quantitative estimate of drug-likeness (QED) is 0.752. The number of methoxy groups -OCH3 is 1. The Hall–Kier alpha value is -1.84. The summed E-state index contributed by atoms with van der Waals surface area (Å²) in [7, 11) is 1.36. The topological polar surface area (TPSA) is 55.0 Å². The monoisotopic (exact) mass is 220 g/mol. The summed E-state index contributed by atoms with van der Waals surface area (Å²) in [6.45, 7) is 5.96. The first-order valence-electron chi connectivity index (χ1n) is 5.24. The summed E-state index contributed by atoms with van der Waals surface area (Å²) in [5.74, 6) is -0.361. The van der Waals surface area contributed by atoms with E-state index in [0.29, 0.717) is 5.56 Å². The van der Waals surface area contributed by atoms with Crippen LogP contribution in [-0.2, 0) is 4.74 Å². The number of fused-ring (bicyclic) bond motifs is 1. The Morgan fingerprint density at radius 3 is 2.75 bits per heavy atom.